The first-order valence-corrected chi connectivity index (χ1v) is 5.74. The van der Waals surface area contributed by atoms with Crippen LogP contribution in [-0.4, -0.2) is 26.1 Å². The van der Waals surface area contributed by atoms with Crippen molar-refractivity contribution in [3.05, 3.63) is 0 Å². The van der Waals surface area contributed by atoms with E-state index in [1.807, 2.05) is 0 Å². The number of rotatable bonds is 3. The van der Waals surface area contributed by atoms with Crippen LogP contribution in [0.2, 0.25) is 0 Å². The lowest BCUT2D eigenvalue weighted by atomic mass is 10.7. The van der Waals surface area contributed by atoms with Crippen LogP contribution in [0, 0.1) is 0 Å². The monoisotopic (exact) mass is 129 g/mol. The van der Waals surface area contributed by atoms with Crippen LogP contribution in [-0.2, 0) is 0 Å². The Balaban J connectivity index is 3.58. The van der Waals surface area contributed by atoms with Crippen molar-refractivity contribution in [3.8, 4) is 0 Å². The molecule has 46 valence electrons. The third-order valence-electron chi connectivity index (χ3n) is 1.89. The molecule has 0 aromatic carbocycles. The van der Waals surface area contributed by atoms with Gasteiger partial charge in [0, 0.05) is 18.5 Å². The highest BCUT2D eigenvalue weighted by Crippen LogP contribution is 2.52. The van der Waals surface area contributed by atoms with Gasteiger partial charge in [0.1, 0.15) is 0 Å². The molecule has 0 saturated carbocycles. The Morgan fingerprint density at radius 3 is 1.25 bits per heavy atom. The van der Waals surface area contributed by atoms with Crippen LogP contribution < -0.4 is 0 Å². The molecule has 0 aromatic rings. The number of hydrogen-bond donors (Lipinski definition) is 0. The lowest BCUT2D eigenvalue weighted by Crippen LogP contribution is -2.00. The molecule has 2 radical (unpaired) electrons. The molecule has 0 nitrogen and oxygen atoms in total. The van der Waals surface area contributed by atoms with E-state index >= 15 is 0 Å². The van der Waals surface area contributed by atoms with Crippen LogP contribution in [0.1, 0.15) is 20.8 Å². The minimum absolute atomic E-state index is 0.912. The molecule has 0 amide bonds. The summed E-state index contributed by atoms with van der Waals surface area (Å²) >= 11 is 0. The molecule has 0 saturated heterocycles. The van der Waals surface area contributed by atoms with Crippen LogP contribution in [0.4, 0.5) is 0 Å². The van der Waals surface area contributed by atoms with Crippen molar-refractivity contribution < 1.29 is 0 Å². The lowest BCUT2D eigenvalue weighted by molar-refractivity contribution is 1.34. The average molecular weight is 129 g/mol. The maximum atomic E-state index is 6.01. The third-order valence-corrected chi connectivity index (χ3v) is 5.67. The number of hydrogen-bond acceptors (Lipinski definition) is 0. The van der Waals surface area contributed by atoms with Gasteiger partial charge in [-0.3, -0.25) is 0 Å². The van der Waals surface area contributed by atoms with Gasteiger partial charge in [0.2, 0.25) is 0 Å². The van der Waals surface area contributed by atoms with E-state index in [0.29, 0.717) is 0 Å². The smallest absolute Gasteiger partial charge is 0.0410 e. The van der Waals surface area contributed by atoms with E-state index in [1.54, 1.807) is 0 Å². The van der Waals surface area contributed by atoms with Gasteiger partial charge in [-0.15, -0.1) is 0 Å². The Hall–Kier alpha value is 0.495. The highest BCUT2D eigenvalue weighted by molar-refractivity contribution is 7.97. The van der Waals surface area contributed by atoms with Crippen LogP contribution in [0.3, 0.4) is 0 Å². The maximum Gasteiger partial charge on any atom is 0.365 e. The predicted molar refractivity (Wildman–Crippen MR) is 44.3 cm³/mol. The summed E-state index contributed by atoms with van der Waals surface area (Å²) < 4.78 is 0. The normalized spacial score (nSPS) is 11.9. The van der Waals surface area contributed by atoms with Gasteiger partial charge in [0.25, 0.3) is 0 Å². The Kier molecular flexibility index (Phi) is 3.72. The van der Waals surface area contributed by atoms with Crippen molar-refractivity contribution in [2.75, 3.05) is 18.5 Å². The highest BCUT2D eigenvalue weighted by Gasteiger charge is 2.23. The van der Waals surface area contributed by atoms with Crippen molar-refractivity contribution in [3.63, 3.8) is 0 Å². The summed E-state index contributed by atoms with van der Waals surface area (Å²) in [5.41, 5.74) is 0. The van der Waals surface area contributed by atoms with Crippen LogP contribution >= 0.6 is 7.14 Å². The largest absolute Gasteiger partial charge is 0.365 e. The second-order valence-corrected chi connectivity index (χ2v) is 6.50. The first-order valence-electron chi connectivity index (χ1n) is 3.33. The molecule has 0 fully saturated rings. The van der Waals surface area contributed by atoms with Gasteiger partial charge in [-0.05, 0) is 27.9 Å². The van der Waals surface area contributed by atoms with Gasteiger partial charge in [-0.25, -0.2) is 0 Å². The summed E-state index contributed by atoms with van der Waals surface area (Å²) in [6.07, 6.45) is 3.62. The van der Waals surface area contributed by atoms with Gasteiger partial charge >= 0.3 is 7.57 Å². The second kappa shape index (κ2) is 3.51. The van der Waals surface area contributed by atoms with Crippen molar-refractivity contribution in [1.82, 2.24) is 0 Å². The lowest BCUT2D eigenvalue weighted by Gasteiger charge is -2.16. The summed E-state index contributed by atoms with van der Waals surface area (Å²) in [7, 11) is 5.09. The predicted octanol–water partition coefficient (Wildman–Crippen LogP) is 2.15. The molecular weight excluding hydrogens is 114 g/mol. The second-order valence-electron chi connectivity index (χ2n) is 2.17. The quantitative estimate of drug-likeness (QED) is 0.404. The average Bonchev–Trinajstić information content (AvgIpc) is 1.87. The fourth-order valence-electron chi connectivity index (χ4n) is 0.671. The molecule has 0 unspecified atom stereocenters. The molecule has 0 aliphatic heterocycles. The Morgan fingerprint density at radius 2 is 1.25 bits per heavy atom. The zero-order valence-electron chi connectivity index (χ0n) is 6.15. The molecule has 0 aliphatic rings. The summed E-state index contributed by atoms with van der Waals surface area (Å²) in [4.78, 5) is 0. The van der Waals surface area contributed by atoms with Crippen LogP contribution in [0.25, 0.3) is 0 Å². The Bertz CT molecular complexity index is 51.3. The standard InChI is InChI=1S/C6H15BP/c1-4-8(7,5-2)6-3/h4-6H2,1-3H3/q+1. The molecule has 0 aromatic heterocycles. The molecule has 8 heavy (non-hydrogen) atoms. The van der Waals surface area contributed by atoms with E-state index in [9.17, 15) is 0 Å². The van der Waals surface area contributed by atoms with Crippen molar-refractivity contribution in [2.24, 2.45) is 0 Å². The molecule has 0 atom stereocenters. The topological polar surface area (TPSA) is 0 Å². The fraction of sp³-hybridized carbons (Fsp3) is 1.00. The van der Waals surface area contributed by atoms with Gasteiger partial charge < -0.3 is 0 Å². The van der Waals surface area contributed by atoms with E-state index in [1.165, 1.54) is 18.5 Å². The van der Waals surface area contributed by atoms with Crippen LogP contribution in [0.5, 0.6) is 0 Å². The van der Waals surface area contributed by atoms with Gasteiger partial charge in [-0.2, -0.15) is 0 Å². The van der Waals surface area contributed by atoms with Gasteiger partial charge in [0.15, 0.2) is 0 Å². The van der Waals surface area contributed by atoms with Crippen LogP contribution in [0.15, 0.2) is 0 Å². The molecule has 0 spiro atoms. The first kappa shape index (κ1) is 8.49. The molecule has 0 rings (SSSR count). The zero-order chi connectivity index (χ0) is 6.62. The summed E-state index contributed by atoms with van der Waals surface area (Å²) in [6.45, 7) is 6.59. The van der Waals surface area contributed by atoms with E-state index in [-0.39, 0.29) is 0 Å². The molecule has 2 heteroatoms. The first-order chi connectivity index (χ1) is 3.68. The minimum atomic E-state index is -0.912. The van der Waals surface area contributed by atoms with Gasteiger partial charge in [-0.1, -0.05) is 0 Å². The molecule has 0 aliphatic carbocycles. The van der Waals surface area contributed by atoms with Gasteiger partial charge in [0.05, 0.1) is 0 Å². The zero-order valence-corrected chi connectivity index (χ0v) is 7.04. The van der Waals surface area contributed by atoms with E-state index < -0.39 is 7.14 Å². The van der Waals surface area contributed by atoms with Crippen molar-refractivity contribution >= 4 is 14.7 Å². The Morgan fingerprint density at radius 1 is 1.00 bits per heavy atom. The maximum absolute atomic E-state index is 6.01. The highest BCUT2D eigenvalue weighted by atomic mass is 31.2. The third kappa shape index (κ3) is 2.18. The van der Waals surface area contributed by atoms with Crippen molar-refractivity contribution in [2.45, 2.75) is 20.8 Å². The summed E-state index contributed by atoms with van der Waals surface area (Å²) in [5, 5.41) is 0. The van der Waals surface area contributed by atoms with Crippen molar-refractivity contribution in [1.29, 1.82) is 0 Å². The van der Waals surface area contributed by atoms with E-state index in [0.717, 1.165) is 0 Å². The molecule has 0 bridgehead atoms. The fourth-order valence-corrected chi connectivity index (χ4v) is 2.01. The molecule has 0 heterocycles. The Labute approximate surface area is 54.8 Å². The molecule has 0 N–H and O–H groups in total. The van der Waals surface area contributed by atoms with E-state index in [2.05, 4.69) is 20.8 Å². The SMILES string of the molecule is [B][P+](CC)(CC)CC. The molecular formula is C6H15BP+. The summed E-state index contributed by atoms with van der Waals surface area (Å²) in [5.74, 6) is 0. The summed E-state index contributed by atoms with van der Waals surface area (Å²) in [6, 6.07) is 0. The van der Waals surface area contributed by atoms with E-state index in [4.69, 9.17) is 7.57 Å². The minimum Gasteiger partial charge on any atom is -0.0410 e.